The first-order valence-electron chi connectivity index (χ1n) is 7.03. The Kier molecular flexibility index (Phi) is 4.80. The fraction of sp³-hybridized carbons (Fsp3) is 0.375. The van der Waals surface area contributed by atoms with E-state index in [2.05, 4.69) is 5.32 Å². The van der Waals surface area contributed by atoms with Crippen LogP contribution in [0.4, 0.5) is 4.39 Å². The van der Waals surface area contributed by atoms with Crippen molar-refractivity contribution in [3.05, 3.63) is 35.2 Å². The highest BCUT2D eigenvalue weighted by atomic mass is 19.1. The first kappa shape index (κ1) is 16.0. The normalized spacial score (nSPS) is 14.6. The minimum atomic E-state index is -1.08. The second-order valence-corrected chi connectivity index (χ2v) is 5.63. The van der Waals surface area contributed by atoms with Crippen molar-refractivity contribution in [2.24, 2.45) is 5.92 Å². The highest BCUT2D eigenvalue weighted by molar-refractivity contribution is 6.00. The predicted octanol–water partition coefficient (Wildman–Crippen LogP) is 2.22. The van der Waals surface area contributed by atoms with Crippen LogP contribution in [-0.2, 0) is 9.59 Å². The molecule has 22 heavy (non-hydrogen) atoms. The molecule has 1 heterocycles. The van der Waals surface area contributed by atoms with Gasteiger partial charge in [-0.25, -0.2) is 9.18 Å². The third-order valence-electron chi connectivity index (χ3n) is 3.29. The second kappa shape index (κ2) is 6.60. The molecule has 2 rings (SSSR count). The van der Waals surface area contributed by atoms with Gasteiger partial charge in [0.05, 0.1) is 5.57 Å². The van der Waals surface area contributed by atoms with Crippen molar-refractivity contribution in [2.45, 2.75) is 26.3 Å². The van der Waals surface area contributed by atoms with Crippen LogP contribution in [0.5, 0.6) is 5.75 Å². The maximum absolute atomic E-state index is 13.2. The number of halogens is 1. The van der Waals surface area contributed by atoms with Crippen molar-refractivity contribution >= 4 is 18.0 Å². The minimum Gasteiger partial charge on any atom is -0.488 e. The molecule has 0 saturated heterocycles. The molecule has 1 aromatic rings. The van der Waals surface area contributed by atoms with Crippen LogP contribution in [0, 0.1) is 11.7 Å². The molecule has 1 amide bonds. The number of hydrogen-bond acceptors (Lipinski definition) is 3. The molecule has 1 atom stereocenters. The lowest BCUT2D eigenvalue weighted by Gasteiger charge is -2.20. The van der Waals surface area contributed by atoms with E-state index in [0.29, 0.717) is 17.7 Å². The van der Waals surface area contributed by atoms with Crippen molar-refractivity contribution in [3.8, 4) is 5.75 Å². The molecule has 1 unspecified atom stereocenters. The van der Waals surface area contributed by atoms with Gasteiger partial charge in [0.2, 0.25) is 0 Å². The number of amides is 1. The zero-order valence-corrected chi connectivity index (χ0v) is 12.4. The molecule has 118 valence electrons. The van der Waals surface area contributed by atoms with Crippen LogP contribution in [0.15, 0.2) is 23.8 Å². The summed E-state index contributed by atoms with van der Waals surface area (Å²) in [6, 6.07) is 3.09. The number of carbonyl (C=O) groups is 2. The van der Waals surface area contributed by atoms with Gasteiger partial charge >= 0.3 is 5.97 Å². The topological polar surface area (TPSA) is 75.6 Å². The van der Waals surface area contributed by atoms with Crippen LogP contribution in [0.25, 0.3) is 6.08 Å². The number of carboxylic acids is 1. The standard InChI is InChI=1S/C16H18FNO4/c1-9(2)5-13(16(20)21)18-15(19)11-6-10-7-12(17)3-4-14(10)22-8-11/h3-4,6-7,9,13H,5,8H2,1-2H3,(H,18,19)(H,20,21). The molecule has 5 nitrogen and oxygen atoms in total. The summed E-state index contributed by atoms with van der Waals surface area (Å²) in [4.78, 5) is 23.4. The average Bonchev–Trinajstić information content (AvgIpc) is 2.45. The van der Waals surface area contributed by atoms with Crippen molar-refractivity contribution in [3.63, 3.8) is 0 Å². The molecule has 2 N–H and O–H groups in total. The third kappa shape index (κ3) is 3.84. The quantitative estimate of drug-likeness (QED) is 0.874. The van der Waals surface area contributed by atoms with Gasteiger partial charge < -0.3 is 15.2 Å². The van der Waals surface area contributed by atoms with Gasteiger partial charge in [-0.15, -0.1) is 0 Å². The first-order valence-corrected chi connectivity index (χ1v) is 7.03. The summed E-state index contributed by atoms with van der Waals surface area (Å²) in [7, 11) is 0. The summed E-state index contributed by atoms with van der Waals surface area (Å²) in [6.07, 6.45) is 1.85. The summed E-state index contributed by atoms with van der Waals surface area (Å²) in [5.41, 5.74) is 0.736. The predicted molar refractivity (Wildman–Crippen MR) is 78.9 cm³/mol. The van der Waals surface area contributed by atoms with Crippen LogP contribution in [0.1, 0.15) is 25.8 Å². The number of fused-ring (bicyclic) bond motifs is 1. The highest BCUT2D eigenvalue weighted by Crippen LogP contribution is 2.27. The highest BCUT2D eigenvalue weighted by Gasteiger charge is 2.24. The second-order valence-electron chi connectivity index (χ2n) is 5.63. The molecule has 0 radical (unpaired) electrons. The molecule has 6 heteroatoms. The Morgan fingerprint density at radius 3 is 2.77 bits per heavy atom. The number of carboxylic acid groups (broad SMARTS) is 1. The maximum atomic E-state index is 13.2. The molecule has 0 fully saturated rings. The van der Waals surface area contributed by atoms with E-state index in [1.165, 1.54) is 24.3 Å². The Morgan fingerprint density at radius 1 is 1.41 bits per heavy atom. The zero-order valence-electron chi connectivity index (χ0n) is 12.4. The summed E-state index contributed by atoms with van der Waals surface area (Å²) in [6.45, 7) is 3.78. The Labute approximate surface area is 127 Å². The van der Waals surface area contributed by atoms with Crippen LogP contribution in [0.2, 0.25) is 0 Å². The van der Waals surface area contributed by atoms with E-state index in [9.17, 15) is 14.0 Å². The van der Waals surface area contributed by atoms with Gasteiger partial charge in [-0.3, -0.25) is 4.79 Å². The minimum absolute atomic E-state index is 0.0263. The monoisotopic (exact) mass is 307 g/mol. The molecule has 0 spiro atoms. The summed E-state index contributed by atoms with van der Waals surface area (Å²) < 4.78 is 18.6. The first-order chi connectivity index (χ1) is 10.4. The Bertz CT molecular complexity index is 625. The molecular formula is C16H18FNO4. The lowest BCUT2D eigenvalue weighted by Crippen LogP contribution is -2.43. The lowest BCUT2D eigenvalue weighted by atomic mass is 10.0. The average molecular weight is 307 g/mol. The van der Waals surface area contributed by atoms with Crippen molar-refractivity contribution in [1.29, 1.82) is 0 Å². The number of ether oxygens (including phenoxy) is 1. The molecule has 0 aromatic heterocycles. The van der Waals surface area contributed by atoms with Gasteiger partial charge in [-0.2, -0.15) is 0 Å². The fourth-order valence-corrected chi connectivity index (χ4v) is 2.22. The Morgan fingerprint density at radius 2 is 2.14 bits per heavy atom. The Hall–Kier alpha value is -2.37. The van der Waals surface area contributed by atoms with E-state index in [4.69, 9.17) is 9.84 Å². The maximum Gasteiger partial charge on any atom is 0.326 e. The summed E-state index contributed by atoms with van der Waals surface area (Å²) in [5.74, 6) is -1.39. The van der Waals surface area contributed by atoms with Crippen LogP contribution in [-0.4, -0.2) is 29.6 Å². The van der Waals surface area contributed by atoms with Gasteiger partial charge in [0.1, 0.15) is 24.2 Å². The van der Waals surface area contributed by atoms with Crippen LogP contribution >= 0.6 is 0 Å². The number of aliphatic carboxylic acids is 1. The van der Waals surface area contributed by atoms with E-state index in [-0.39, 0.29) is 18.1 Å². The fourth-order valence-electron chi connectivity index (χ4n) is 2.22. The van der Waals surface area contributed by atoms with Crippen molar-refractivity contribution in [1.82, 2.24) is 5.32 Å². The molecule has 0 aliphatic carbocycles. The SMILES string of the molecule is CC(C)CC(NC(=O)C1=Cc2cc(F)ccc2OC1)C(=O)O. The van der Waals surface area contributed by atoms with E-state index in [0.717, 1.165) is 0 Å². The van der Waals surface area contributed by atoms with E-state index >= 15 is 0 Å². The molecule has 1 aliphatic rings. The number of benzene rings is 1. The van der Waals surface area contributed by atoms with E-state index in [1.54, 1.807) is 0 Å². The summed E-state index contributed by atoms with van der Waals surface area (Å²) >= 11 is 0. The smallest absolute Gasteiger partial charge is 0.326 e. The van der Waals surface area contributed by atoms with Gasteiger partial charge in [0.15, 0.2) is 0 Å². The number of nitrogens with one attached hydrogen (secondary N) is 1. The Balaban J connectivity index is 2.14. The largest absolute Gasteiger partial charge is 0.488 e. The lowest BCUT2D eigenvalue weighted by molar-refractivity contribution is -0.141. The number of carbonyl (C=O) groups excluding carboxylic acids is 1. The summed E-state index contributed by atoms with van der Waals surface area (Å²) in [5, 5.41) is 11.6. The van der Waals surface area contributed by atoms with Crippen molar-refractivity contribution in [2.75, 3.05) is 6.61 Å². The van der Waals surface area contributed by atoms with Gasteiger partial charge in [-0.05, 0) is 36.6 Å². The van der Waals surface area contributed by atoms with Gasteiger partial charge in [0, 0.05) is 5.56 Å². The van der Waals surface area contributed by atoms with Gasteiger partial charge in [-0.1, -0.05) is 13.8 Å². The van der Waals surface area contributed by atoms with E-state index < -0.39 is 23.7 Å². The van der Waals surface area contributed by atoms with E-state index in [1.807, 2.05) is 13.8 Å². The molecular weight excluding hydrogens is 289 g/mol. The molecule has 1 aromatic carbocycles. The molecule has 0 saturated carbocycles. The van der Waals surface area contributed by atoms with Crippen LogP contribution < -0.4 is 10.1 Å². The molecule has 1 aliphatic heterocycles. The number of rotatable bonds is 5. The zero-order chi connectivity index (χ0) is 16.3. The number of hydrogen-bond donors (Lipinski definition) is 2. The van der Waals surface area contributed by atoms with Gasteiger partial charge in [0.25, 0.3) is 5.91 Å². The molecule has 0 bridgehead atoms. The van der Waals surface area contributed by atoms with Crippen LogP contribution in [0.3, 0.4) is 0 Å². The third-order valence-corrected chi connectivity index (χ3v) is 3.29. The van der Waals surface area contributed by atoms with Crippen molar-refractivity contribution < 1.29 is 23.8 Å².